The van der Waals surface area contributed by atoms with Crippen molar-refractivity contribution in [1.29, 1.82) is 0 Å². The second kappa shape index (κ2) is 4.92. The molecular formula is C13H15N3O4. The zero-order chi connectivity index (χ0) is 14.9. The number of ether oxygens (including phenoxy) is 1. The van der Waals surface area contributed by atoms with E-state index in [0.717, 1.165) is 0 Å². The lowest BCUT2D eigenvalue weighted by atomic mass is 9.97. The van der Waals surface area contributed by atoms with Crippen LogP contribution in [-0.4, -0.2) is 32.0 Å². The third kappa shape index (κ3) is 2.76. The number of nitrogens with one attached hydrogen (secondary N) is 1. The maximum atomic E-state index is 11.7. The van der Waals surface area contributed by atoms with E-state index in [-0.39, 0.29) is 23.7 Å². The lowest BCUT2D eigenvalue weighted by Crippen LogP contribution is -2.22. The fraction of sp³-hybridized carbons (Fsp3) is 0.385. The van der Waals surface area contributed by atoms with Gasteiger partial charge in [0.1, 0.15) is 17.7 Å². The highest BCUT2D eigenvalue weighted by Crippen LogP contribution is 2.17. The summed E-state index contributed by atoms with van der Waals surface area (Å²) in [4.78, 5) is 33.6. The highest BCUT2D eigenvalue weighted by Gasteiger charge is 2.23. The number of carbonyl (C=O) groups excluding carboxylic acids is 1. The lowest BCUT2D eigenvalue weighted by Gasteiger charge is -2.16. The third-order valence-corrected chi connectivity index (χ3v) is 2.62. The fourth-order valence-corrected chi connectivity index (χ4v) is 1.52. The zero-order valence-electron chi connectivity index (χ0n) is 11.4. The van der Waals surface area contributed by atoms with E-state index in [9.17, 15) is 9.59 Å². The number of hydrogen-bond acceptors (Lipinski definition) is 5. The summed E-state index contributed by atoms with van der Waals surface area (Å²) in [6.07, 6.45) is 2.78. The smallest absolute Gasteiger partial charge is 0.339 e. The van der Waals surface area contributed by atoms with E-state index in [1.54, 1.807) is 20.8 Å². The third-order valence-electron chi connectivity index (χ3n) is 2.62. The SMILES string of the molecule is CC(C)(C)C(=O)OCc1cnc2[nH]cc(C(=O)O)c2n1. The number of rotatable bonds is 3. The van der Waals surface area contributed by atoms with Gasteiger partial charge in [-0.2, -0.15) is 0 Å². The maximum absolute atomic E-state index is 11.7. The molecule has 2 rings (SSSR count). The number of carboxylic acids is 1. The molecule has 0 bridgehead atoms. The van der Waals surface area contributed by atoms with Crippen LogP contribution in [0.4, 0.5) is 0 Å². The summed E-state index contributed by atoms with van der Waals surface area (Å²) in [7, 11) is 0. The van der Waals surface area contributed by atoms with Crippen LogP contribution in [0.3, 0.4) is 0 Å². The Kier molecular flexibility index (Phi) is 3.44. The van der Waals surface area contributed by atoms with Crippen LogP contribution in [0.1, 0.15) is 36.8 Å². The number of aromatic amines is 1. The Bertz CT molecular complexity index is 670. The first-order valence-electron chi connectivity index (χ1n) is 6.02. The Morgan fingerprint density at radius 2 is 2.10 bits per heavy atom. The number of esters is 1. The zero-order valence-corrected chi connectivity index (χ0v) is 11.4. The molecule has 2 aromatic heterocycles. The largest absolute Gasteiger partial charge is 0.478 e. The van der Waals surface area contributed by atoms with Gasteiger partial charge >= 0.3 is 11.9 Å². The monoisotopic (exact) mass is 277 g/mol. The highest BCUT2D eigenvalue weighted by molar-refractivity contribution is 6.00. The molecule has 2 aromatic rings. The van der Waals surface area contributed by atoms with E-state index in [1.807, 2.05) is 0 Å². The lowest BCUT2D eigenvalue weighted by molar-refractivity contribution is -0.154. The molecule has 0 atom stereocenters. The molecule has 7 nitrogen and oxygen atoms in total. The van der Waals surface area contributed by atoms with Crippen molar-refractivity contribution in [3.8, 4) is 0 Å². The van der Waals surface area contributed by atoms with Crippen LogP contribution in [0.5, 0.6) is 0 Å². The van der Waals surface area contributed by atoms with Crippen molar-refractivity contribution in [2.45, 2.75) is 27.4 Å². The van der Waals surface area contributed by atoms with Crippen LogP contribution in [0.2, 0.25) is 0 Å². The number of H-pyrrole nitrogens is 1. The number of hydrogen-bond donors (Lipinski definition) is 2. The average Bonchev–Trinajstić information content (AvgIpc) is 2.77. The first-order valence-corrected chi connectivity index (χ1v) is 6.02. The number of nitrogens with zero attached hydrogens (tertiary/aromatic N) is 2. The molecule has 0 aliphatic rings. The van der Waals surface area contributed by atoms with Crippen molar-refractivity contribution in [3.63, 3.8) is 0 Å². The van der Waals surface area contributed by atoms with Gasteiger partial charge in [0.05, 0.1) is 17.3 Å². The number of aromatic nitrogens is 3. The summed E-state index contributed by atoms with van der Waals surface area (Å²) in [5.41, 5.74) is 0.474. The predicted molar refractivity (Wildman–Crippen MR) is 70.1 cm³/mol. The molecule has 2 N–H and O–H groups in total. The Labute approximate surface area is 115 Å². The van der Waals surface area contributed by atoms with Gasteiger partial charge in [0.25, 0.3) is 0 Å². The normalized spacial score (nSPS) is 11.6. The van der Waals surface area contributed by atoms with E-state index < -0.39 is 11.4 Å². The molecule has 0 fully saturated rings. The second-order valence-corrected chi connectivity index (χ2v) is 5.39. The topological polar surface area (TPSA) is 105 Å². The van der Waals surface area contributed by atoms with Crippen LogP contribution in [0, 0.1) is 5.41 Å². The van der Waals surface area contributed by atoms with Crippen LogP contribution < -0.4 is 0 Å². The molecule has 0 amide bonds. The minimum Gasteiger partial charge on any atom is -0.478 e. The van der Waals surface area contributed by atoms with Gasteiger partial charge in [-0.1, -0.05) is 0 Å². The summed E-state index contributed by atoms with van der Waals surface area (Å²) >= 11 is 0. The summed E-state index contributed by atoms with van der Waals surface area (Å²) in [5.74, 6) is -1.44. The Hall–Kier alpha value is -2.44. The van der Waals surface area contributed by atoms with E-state index in [2.05, 4.69) is 15.0 Å². The number of carboxylic acid groups (broad SMARTS) is 1. The molecule has 0 saturated heterocycles. The van der Waals surface area contributed by atoms with Crippen molar-refractivity contribution in [2.24, 2.45) is 5.41 Å². The van der Waals surface area contributed by atoms with Crippen LogP contribution in [0.25, 0.3) is 11.2 Å². The minimum absolute atomic E-state index is 0.0384. The van der Waals surface area contributed by atoms with Gasteiger partial charge in [-0.05, 0) is 20.8 Å². The first kappa shape index (κ1) is 14.0. The van der Waals surface area contributed by atoms with E-state index >= 15 is 0 Å². The van der Waals surface area contributed by atoms with Gasteiger partial charge in [-0.25, -0.2) is 14.8 Å². The van der Waals surface area contributed by atoms with Gasteiger partial charge < -0.3 is 14.8 Å². The second-order valence-electron chi connectivity index (χ2n) is 5.39. The fourth-order valence-electron chi connectivity index (χ4n) is 1.52. The van der Waals surface area contributed by atoms with Gasteiger partial charge in [-0.15, -0.1) is 0 Å². The average molecular weight is 277 g/mol. The maximum Gasteiger partial charge on any atom is 0.339 e. The van der Waals surface area contributed by atoms with Gasteiger partial charge in [0.2, 0.25) is 0 Å². The van der Waals surface area contributed by atoms with Crippen molar-refractivity contribution < 1.29 is 19.4 Å². The summed E-state index contributed by atoms with van der Waals surface area (Å²) in [6.45, 7) is 5.21. The molecule has 0 radical (unpaired) electrons. The molecule has 0 aliphatic heterocycles. The molecular weight excluding hydrogens is 262 g/mol. The van der Waals surface area contributed by atoms with Crippen LogP contribution >= 0.6 is 0 Å². The summed E-state index contributed by atoms with van der Waals surface area (Å²) in [5, 5.41) is 9.01. The molecule has 0 aliphatic carbocycles. The molecule has 2 heterocycles. The number of aromatic carboxylic acids is 1. The van der Waals surface area contributed by atoms with Gasteiger partial charge in [-0.3, -0.25) is 4.79 Å². The highest BCUT2D eigenvalue weighted by atomic mass is 16.5. The number of fused-ring (bicyclic) bond motifs is 1. The Morgan fingerprint density at radius 3 is 2.70 bits per heavy atom. The predicted octanol–water partition coefficient (Wildman–Crippen LogP) is 1.75. The standard InChI is InChI=1S/C13H15N3O4/c1-13(2,3)12(19)20-6-7-4-14-10-9(16-7)8(5-15-10)11(17)18/h4-5H,6H2,1-3H3,(H,14,15)(H,17,18). The molecule has 20 heavy (non-hydrogen) atoms. The van der Waals surface area contributed by atoms with E-state index in [1.165, 1.54) is 12.4 Å². The molecule has 0 spiro atoms. The quantitative estimate of drug-likeness (QED) is 0.828. The first-order chi connectivity index (χ1) is 9.29. The van der Waals surface area contributed by atoms with Gasteiger partial charge in [0, 0.05) is 6.20 Å². The molecule has 0 unspecified atom stereocenters. The Balaban J connectivity index is 2.21. The van der Waals surface area contributed by atoms with E-state index in [0.29, 0.717) is 11.3 Å². The van der Waals surface area contributed by atoms with Crippen molar-refractivity contribution in [1.82, 2.24) is 15.0 Å². The van der Waals surface area contributed by atoms with Crippen molar-refractivity contribution in [2.75, 3.05) is 0 Å². The summed E-state index contributed by atoms with van der Waals surface area (Å²) < 4.78 is 5.12. The minimum atomic E-state index is -1.09. The van der Waals surface area contributed by atoms with Crippen LogP contribution in [0.15, 0.2) is 12.4 Å². The van der Waals surface area contributed by atoms with Gasteiger partial charge in [0.15, 0.2) is 5.65 Å². The van der Waals surface area contributed by atoms with Crippen molar-refractivity contribution >= 4 is 23.1 Å². The Morgan fingerprint density at radius 1 is 1.40 bits per heavy atom. The summed E-state index contributed by atoms with van der Waals surface area (Å²) in [6, 6.07) is 0. The molecule has 0 saturated carbocycles. The number of carbonyl (C=O) groups is 2. The molecule has 7 heteroatoms. The van der Waals surface area contributed by atoms with Crippen LogP contribution in [-0.2, 0) is 16.1 Å². The molecule has 0 aromatic carbocycles. The van der Waals surface area contributed by atoms with E-state index in [4.69, 9.17) is 9.84 Å². The molecule has 106 valence electrons. The van der Waals surface area contributed by atoms with Crippen molar-refractivity contribution in [3.05, 3.63) is 23.7 Å².